The molecule has 0 unspecified atom stereocenters. The van der Waals surface area contributed by atoms with Crippen molar-refractivity contribution in [3.05, 3.63) is 157 Å². The maximum Gasteiger partial charge on any atom is 0.143 e. The Morgan fingerprint density at radius 2 is 1.13 bits per heavy atom. The Balaban J connectivity index is 1.17. The molecule has 4 nitrogen and oxygen atoms in total. The molecule has 9 rings (SSSR count). The SMILES string of the molecule is c1cncc(-c2cc(-c3cccnc3)cc(-c3ccc4c(c3)-c3ccc(-c5cccc6c5oc5ccccc56)cc3COC4)c2)c1. The molecule has 0 spiro atoms. The summed E-state index contributed by atoms with van der Waals surface area (Å²) in [4.78, 5) is 8.77. The fourth-order valence-corrected chi connectivity index (χ4v) is 6.72. The molecule has 0 aliphatic carbocycles. The minimum atomic E-state index is 0.547. The number of nitrogens with zero attached hydrogens (tertiary/aromatic N) is 2. The van der Waals surface area contributed by atoms with Gasteiger partial charge in [0.1, 0.15) is 11.2 Å². The van der Waals surface area contributed by atoms with Crippen molar-refractivity contribution in [2.75, 3.05) is 0 Å². The standard InChI is InChI=1S/C42H28N2O2/c1-2-11-41-38(8-1)39-10-3-9-37(42(39)46-41)28-14-15-36-35(18-28)26-45-25-31-13-12-27(22-40(31)36)32-19-33(29-6-4-16-43-23-29)21-34(20-32)30-7-5-17-44-24-30/h1-24H,25-26H2. The minimum absolute atomic E-state index is 0.547. The Bertz CT molecular complexity index is 2340. The third-order valence-electron chi connectivity index (χ3n) is 8.99. The molecule has 1 aliphatic heterocycles. The molecule has 218 valence electrons. The normalized spacial score (nSPS) is 12.5. The molecule has 0 fully saturated rings. The van der Waals surface area contributed by atoms with Gasteiger partial charge < -0.3 is 9.15 Å². The number of furan rings is 1. The summed E-state index contributed by atoms with van der Waals surface area (Å²) in [6, 6.07) is 43.0. The highest BCUT2D eigenvalue weighted by Crippen LogP contribution is 2.41. The van der Waals surface area contributed by atoms with E-state index in [4.69, 9.17) is 9.15 Å². The zero-order valence-corrected chi connectivity index (χ0v) is 25.0. The van der Waals surface area contributed by atoms with Gasteiger partial charge in [0.15, 0.2) is 0 Å². The predicted octanol–water partition coefficient (Wildman–Crippen LogP) is 10.7. The lowest BCUT2D eigenvalue weighted by molar-refractivity contribution is 0.110. The molecular formula is C42H28N2O2. The Morgan fingerprint density at radius 3 is 1.89 bits per heavy atom. The van der Waals surface area contributed by atoms with Crippen molar-refractivity contribution in [2.24, 2.45) is 0 Å². The van der Waals surface area contributed by atoms with Gasteiger partial charge >= 0.3 is 0 Å². The molecule has 0 bridgehead atoms. The summed E-state index contributed by atoms with van der Waals surface area (Å²) in [6.45, 7) is 1.11. The van der Waals surface area contributed by atoms with Gasteiger partial charge in [-0.15, -0.1) is 0 Å². The summed E-state index contributed by atoms with van der Waals surface area (Å²) in [5, 5.41) is 2.27. The van der Waals surface area contributed by atoms with E-state index in [1.54, 1.807) is 0 Å². The molecule has 5 aromatic carbocycles. The second-order valence-corrected chi connectivity index (χ2v) is 11.8. The number of pyridine rings is 2. The summed E-state index contributed by atoms with van der Waals surface area (Å²) in [6.07, 6.45) is 7.45. The Labute approximate surface area is 266 Å². The van der Waals surface area contributed by atoms with Gasteiger partial charge in [0.2, 0.25) is 0 Å². The molecule has 0 amide bonds. The summed E-state index contributed by atoms with van der Waals surface area (Å²) in [5.74, 6) is 0. The van der Waals surface area contributed by atoms with Crippen LogP contribution in [0.5, 0.6) is 0 Å². The molecule has 8 aromatic rings. The molecule has 0 atom stereocenters. The first-order valence-corrected chi connectivity index (χ1v) is 15.5. The van der Waals surface area contributed by atoms with E-state index in [0.29, 0.717) is 13.2 Å². The second kappa shape index (κ2) is 11.0. The maximum absolute atomic E-state index is 6.37. The van der Waals surface area contributed by atoms with Crippen LogP contribution in [0.1, 0.15) is 11.1 Å². The quantitative estimate of drug-likeness (QED) is 0.204. The van der Waals surface area contributed by atoms with Gasteiger partial charge in [0, 0.05) is 52.3 Å². The number of hydrogen-bond acceptors (Lipinski definition) is 4. The average Bonchev–Trinajstić information content (AvgIpc) is 3.41. The third kappa shape index (κ3) is 4.59. The van der Waals surface area contributed by atoms with Crippen LogP contribution in [0.2, 0.25) is 0 Å². The summed E-state index contributed by atoms with van der Waals surface area (Å²) < 4.78 is 12.6. The molecule has 1 aliphatic rings. The molecule has 4 heterocycles. The van der Waals surface area contributed by atoms with Crippen molar-refractivity contribution >= 4 is 21.9 Å². The number of fused-ring (bicyclic) bond motifs is 6. The van der Waals surface area contributed by atoms with Gasteiger partial charge in [0.05, 0.1) is 13.2 Å². The monoisotopic (exact) mass is 592 g/mol. The van der Waals surface area contributed by atoms with Crippen molar-refractivity contribution in [3.63, 3.8) is 0 Å². The van der Waals surface area contributed by atoms with E-state index < -0.39 is 0 Å². The number of benzene rings is 5. The van der Waals surface area contributed by atoms with Crippen LogP contribution in [-0.4, -0.2) is 9.97 Å². The van der Waals surface area contributed by atoms with Crippen LogP contribution in [-0.2, 0) is 18.0 Å². The molecule has 0 radical (unpaired) electrons. The molecule has 3 aromatic heterocycles. The highest BCUT2D eigenvalue weighted by Gasteiger charge is 2.19. The fraction of sp³-hybridized carbons (Fsp3) is 0.0476. The molecule has 46 heavy (non-hydrogen) atoms. The lowest BCUT2D eigenvalue weighted by Gasteiger charge is -2.15. The van der Waals surface area contributed by atoms with Crippen LogP contribution < -0.4 is 0 Å². The maximum atomic E-state index is 6.37. The first-order chi connectivity index (χ1) is 22.8. The largest absolute Gasteiger partial charge is 0.455 e. The number of ether oxygens (including phenoxy) is 1. The van der Waals surface area contributed by atoms with E-state index in [1.807, 2.05) is 49.1 Å². The fourth-order valence-electron chi connectivity index (χ4n) is 6.72. The zero-order chi connectivity index (χ0) is 30.5. The van der Waals surface area contributed by atoms with E-state index in [1.165, 1.54) is 22.3 Å². The van der Waals surface area contributed by atoms with E-state index in [2.05, 4.69) is 107 Å². The predicted molar refractivity (Wildman–Crippen MR) is 185 cm³/mol. The lowest BCUT2D eigenvalue weighted by Crippen LogP contribution is -1.92. The highest BCUT2D eigenvalue weighted by molar-refractivity contribution is 6.09. The minimum Gasteiger partial charge on any atom is -0.455 e. The topological polar surface area (TPSA) is 48.2 Å². The van der Waals surface area contributed by atoms with E-state index in [0.717, 1.165) is 66.4 Å². The Kier molecular flexibility index (Phi) is 6.32. The summed E-state index contributed by atoms with van der Waals surface area (Å²) in [5.41, 5.74) is 15.5. The Morgan fingerprint density at radius 1 is 0.435 bits per heavy atom. The zero-order valence-electron chi connectivity index (χ0n) is 25.0. The van der Waals surface area contributed by atoms with Crippen LogP contribution in [0.4, 0.5) is 0 Å². The summed E-state index contributed by atoms with van der Waals surface area (Å²) >= 11 is 0. The van der Waals surface area contributed by atoms with Gasteiger partial charge in [-0.25, -0.2) is 0 Å². The van der Waals surface area contributed by atoms with Crippen LogP contribution in [0.25, 0.3) is 77.6 Å². The van der Waals surface area contributed by atoms with Crippen molar-refractivity contribution in [1.29, 1.82) is 0 Å². The van der Waals surface area contributed by atoms with Gasteiger partial charge in [-0.05, 0) is 98.6 Å². The van der Waals surface area contributed by atoms with Crippen molar-refractivity contribution in [1.82, 2.24) is 9.97 Å². The first-order valence-electron chi connectivity index (χ1n) is 15.5. The number of para-hydroxylation sites is 2. The van der Waals surface area contributed by atoms with Crippen LogP contribution >= 0.6 is 0 Å². The average molecular weight is 593 g/mol. The molecule has 0 N–H and O–H groups in total. The van der Waals surface area contributed by atoms with Crippen molar-refractivity contribution < 1.29 is 9.15 Å². The first kappa shape index (κ1) is 26.6. The lowest BCUT2D eigenvalue weighted by atomic mass is 9.89. The number of rotatable bonds is 4. The van der Waals surface area contributed by atoms with Gasteiger partial charge in [-0.1, -0.05) is 72.8 Å². The van der Waals surface area contributed by atoms with Crippen LogP contribution in [0.3, 0.4) is 0 Å². The third-order valence-corrected chi connectivity index (χ3v) is 8.99. The molecule has 0 saturated heterocycles. The van der Waals surface area contributed by atoms with Crippen molar-refractivity contribution in [2.45, 2.75) is 13.2 Å². The van der Waals surface area contributed by atoms with Crippen LogP contribution in [0, 0.1) is 0 Å². The van der Waals surface area contributed by atoms with Crippen molar-refractivity contribution in [3.8, 4) is 55.6 Å². The van der Waals surface area contributed by atoms with E-state index in [9.17, 15) is 0 Å². The van der Waals surface area contributed by atoms with Gasteiger partial charge in [-0.3, -0.25) is 9.97 Å². The highest BCUT2D eigenvalue weighted by atomic mass is 16.5. The van der Waals surface area contributed by atoms with Gasteiger partial charge in [0.25, 0.3) is 0 Å². The van der Waals surface area contributed by atoms with Crippen LogP contribution in [0.15, 0.2) is 151 Å². The van der Waals surface area contributed by atoms with E-state index >= 15 is 0 Å². The molecule has 0 saturated carbocycles. The number of hydrogen-bond donors (Lipinski definition) is 0. The Hall–Kier alpha value is -5.84. The molecule has 4 heteroatoms. The summed E-state index contributed by atoms with van der Waals surface area (Å²) in [7, 11) is 0. The number of aromatic nitrogens is 2. The molecular weight excluding hydrogens is 564 g/mol. The van der Waals surface area contributed by atoms with Gasteiger partial charge in [-0.2, -0.15) is 0 Å². The second-order valence-electron chi connectivity index (χ2n) is 11.8. The smallest absolute Gasteiger partial charge is 0.143 e. The van der Waals surface area contributed by atoms with E-state index in [-0.39, 0.29) is 0 Å².